The predicted octanol–water partition coefficient (Wildman–Crippen LogP) is 3.63. The number of ether oxygens (including phenoxy) is 1. The first-order valence-corrected chi connectivity index (χ1v) is 9.61. The number of halogens is 2. The molecule has 1 fully saturated rings. The first-order chi connectivity index (χ1) is 11.5. The van der Waals surface area contributed by atoms with Crippen molar-refractivity contribution in [1.82, 2.24) is 0 Å². The van der Waals surface area contributed by atoms with Gasteiger partial charge in [-0.3, -0.25) is 4.72 Å². The van der Waals surface area contributed by atoms with Gasteiger partial charge in [0, 0.05) is 24.5 Å². The predicted molar refractivity (Wildman–Crippen MR) is 96.7 cm³/mol. The highest BCUT2D eigenvalue weighted by molar-refractivity contribution is 7.92. The third-order valence-electron chi connectivity index (χ3n) is 3.70. The Balaban J connectivity index is 1.79. The lowest BCUT2D eigenvalue weighted by atomic mass is 10.2. The Morgan fingerprint density at radius 2 is 1.67 bits per heavy atom. The van der Waals surface area contributed by atoms with E-state index in [-0.39, 0.29) is 14.9 Å². The first kappa shape index (κ1) is 17.4. The molecule has 0 amide bonds. The Morgan fingerprint density at radius 1 is 1.00 bits per heavy atom. The third-order valence-corrected chi connectivity index (χ3v) is 6.06. The van der Waals surface area contributed by atoms with Gasteiger partial charge < -0.3 is 9.64 Å². The van der Waals surface area contributed by atoms with Crippen molar-refractivity contribution < 1.29 is 13.2 Å². The summed E-state index contributed by atoms with van der Waals surface area (Å²) < 4.78 is 32.8. The maximum atomic E-state index is 12.5. The van der Waals surface area contributed by atoms with Crippen LogP contribution < -0.4 is 9.62 Å². The van der Waals surface area contributed by atoms with E-state index in [1.54, 1.807) is 24.3 Å². The second-order valence-electron chi connectivity index (χ2n) is 5.30. The van der Waals surface area contributed by atoms with Crippen molar-refractivity contribution in [2.75, 3.05) is 35.9 Å². The fourth-order valence-corrected chi connectivity index (χ4v) is 4.28. The second-order valence-corrected chi connectivity index (χ2v) is 7.74. The van der Waals surface area contributed by atoms with Crippen molar-refractivity contribution in [3.8, 4) is 0 Å². The SMILES string of the molecule is O=S(=O)(Nc1ccc(N2CCOCC2)cc1)c1cccc(Cl)c1Cl. The van der Waals surface area contributed by atoms with Crippen LogP contribution >= 0.6 is 23.2 Å². The number of nitrogens with one attached hydrogen (secondary N) is 1. The average Bonchev–Trinajstić information content (AvgIpc) is 2.58. The van der Waals surface area contributed by atoms with Crippen LogP contribution in [0.5, 0.6) is 0 Å². The number of hydrogen-bond donors (Lipinski definition) is 1. The molecular formula is C16H16Cl2N2O3S. The monoisotopic (exact) mass is 386 g/mol. The molecule has 128 valence electrons. The van der Waals surface area contributed by atoms with Gasteiger partial charge in [-0.1, -0.05) is 29.3 Å². The Kier molecular flexibility index (Phi) is 5.20. The van der Waals surface area contributed by atoms with Crippen LogP contribution in [0.15, 0.2) is 47.4 Å². The molecule has 0 aromatic heterocycles. The molecule has 24 heavy (non-hydrogen) atoms. The van der Waals surface area contributed by atoms with Gasteiger partial charge in [0.05, 0.1) is 23.3 Å². The van der Waals surface area contributed by atoms with E-state index in [4.69, 9.17) is 27.9 Å². The van der Waals surface area contributed by atoms with Crippen LogP contribution in [0.3, 0.4) is 0 Å². The quantitative estimate of drug-likeness (QED) is 0.871. The maximum absolute atomic E-state index is 12.5. The molecule has 1 heterocycles. The van der Waals surface area contributed by atoms with Crippen LogP contribution in [0.1, 0.15) is 0 Å². The van der Waals surface area contributed by atoms with E-state index >= 15 is 0 Å². The summed E-state index contributed by atoms with van der Waals surface area (Å²) >= 11 is 11.9. The van der Waals surface area contributed by atoms with Crippen molar-refractivity contribution in [1.29, 1.82) is 0 Å². The zero-order valence-electron chi connectivity index (χ0n) is 12.7. The normalized spacial score (nSPS) is 15.3. The summed E-state index contributed by atoms with van der Waals surface area (Å²) in [6, 6.07) is 11.7. The molecule has 0 atom stereocenters. The Bertz CT molecular complexity index is 820. The lowest BCUT2D eigenvalue weighted by Gasteiger charge is -2.28. The van der Waals surface area contributed by atoms with E-state index in [2.05, 4.69) is 9.62 Å². The number of hydrogen-bond acceptors (Lipinski definition) is 4. The van der Waals surface area contributed by atoms with E-state index in [0.717, 1.165) is 18.8 Å². The van der Waals surface area contributed by atoms with Crippen LogP contribution in [-0.2, 0) is 14.8 Å². The second kappa shape index (κ2) is 7.19. The summed E-state index contributed by atoms with van der Waals surface area (Å²) in [5.74, 6) is 0. The van der Waals surface area contributed by atoms with E-state index < -0.39 is 10.0 Å². The zero-order chi connectivity index (χ0) is 17.2. The first-order valence-electron chi connectivity index (χ1n) is 7.37. The average molecular weight is 387 g/mol. The van der Waals surface area contributed by atoms with E-state index in [1.165, 1.54) is 6.07 Å². The summed E-state index contributed by atoms with van der Waals surface area (Å²) in [4.78, 5) is 2.14. The van der Waals surface area contributed by atoms with Crippen LogP contribution in [-0.4, -0.2) is 34.7 Å². The number of benzene rings is 2. The van der Waals surface area contributed by atoms with Crippen LogP contribution in [0, 0.1) is 0 Å². The third kappa shape index (κ3) is 3.78. The number of morpholine rings is 1. The molecule has 1 aliphatic heterocycles. The van der Waals surface area contributed by atoms with Crippen LogP contribution in [0.2, 0.25) is 10.0 Å². The molecule has 0 saturated carbocycles. The lowest BCUT2D eigenvalue weighted by molar-refractivity contribution is 0.122. The van der Waals surface area contributed by atoms with Crippen molar-refractivity contribution in [3.05, 3.63) is 52.5 Å². The largest absolute Gasteiger partial charge is 0.378 e. The molecular weight excluding hydrogens is 371 g/mol. The molecule has 0 bridgehead atoms. The molecule has 1 saturated heterocycles. The molecule has 8 heteroatoms. The Morgan fingerprint density at radius 3 is 2.33 bits per heavy atom. The number of sulfonamides is 1. The number of rotatable bonds is 4. The summed E-state index contributed by atoms with van der Waals surface area (Å²) in [5.41, 5.74) is 1.49. The minimum absolute atomic E-state index is 0.0107. The molecule has 3 rings (SSSR count). The summed E-state index contributed by atoms with van der Waals surface area (Å²) in [6.45, 7) is 3.04. The van der Waals surface area contributed by atoms with Gasteiger partial charge in [-0.2, -0.15) is 0 Å². The highest BCUT2D eigenvalue weighted by atomic mass is 35.5. The molecule has 0 unspecified atom stereocenters. The van der Waals surface area contributed by atoms with Crippen molar-refractivity contribution >= 4 is 44.6 Å². The van der Waals surface area contributed by atoms with Crippen LogP contribution in [0.25, 0.3) is 0 Å². The van der Waals surface area contributed by atoms with E-state index in [0.29, 0.717) is 18.9 Å². The molecule has 2 aromatic carbocycles. The number of anilines is 2. The molecule has 0 aliphatic carbocycles. The van der Waals surface area contributed by atoms with Gasteiger partial charge in [-0.15, -0.1) is 0 Å². The summed E-state index contributed by atoms with van der Waals surface area (Å²) in [5, 5.41) is 0.207. The lowest BCUT2D eigenvalue weighted by Crippen LogP contribution is -2.36. The molecule has 2 aromatic rings. The number of nitrogens with zero attached hydrogens (tertiary/aromatic N) is 1. The van der Waals surface area contributed by atoms with Crippen molar-refractivity contribution in [2.45, 2.75) is 4.90 Å². The zero-order valence-corrected chi connectivity index (χ0v) is 15.0. The topological polar surface area (TPSA) is 58.6 Å². The van der Waals surface area contributed by atoms with Gasteiger partial charge in [0.15, 0.2) is 0 Å². The molecule has 1 aliphatic rings. The van der Waals surface area contributed by atoms with Gasteiger partial charge in [-0.05, 0) is 36.4 Å². The molecule has 1 N–H and O–H groups in total. The smallest absolute Gasteiger partial charge is 0.263 e. The highest BCUT2D eigenvalue weighted by Gasteiger charge is 2.20. The van der Waals surface area contributed by atoms with Gasteiger partial charge in [0.1, 0.15) is 4.90 Å². The fraction of sp³-hybridized carbons (Fsp3) is 0.250. The fourth-order valence-electron chi connectivity index (χ4n) is 2.46. The standard InChI is InChI=1S/C16H16Cl2N2O3S/c17-14-2-1-3-15(16(14)18)24(21,22)19-12-4-6-13(7-5-12)20-8-10-23-11-9-20/h1-7,19H,8-11H2. The van der Waals surface area contributed by atoms with Gasteiger partial charge in [0.2, 0.25) is 0 Å². The van der Waals surface area contributed by atoms with Crippen molar-refractivity contribution in [3.63, 3.8) is 0 Å². The maximum Gasteiger partial charge on any atom is 0.263 e. The Hall–Kier alpha value is -1.47. The summed E-state index contributed by atoms with van der Waals surface area (Å²) in [7, 11) is -3.80. The van der Waals surface area contributed by atoms with E-state index in [1.807, 2.05) is 12.1 Å². The van der Waals surface area contributed by atoms with Gasteiger partial charge in [-0.25, -0.2) is 8.42 Å². The van der Waals surface area contributed by atoms with Crippen LogP contribution in [0.4, 0.5) is 11.4 Å². The minimum Gasteiger partial charge on any atom is -0.378 e. The minimum atomic E-state index is -3.80. The molecule has 5 nitrogen and oxygen atoms in total. The van der Waals surface area contributed by atoms with Gasteiger partial charge >= 0.3 is 0 Å². The van der Waals surface area contributed by atoms with Crippen molar-refractivity contribution in [2.24, 2.45) is 0 Å². The highest BCUT2D eigenvalue weighted by Crippen LogP contribution is 2.30. The Labute approximate surface area is 151 Å². The molecule has 0 spiro atoms. The molecule has 0 radical (unpaired) electrons. The van der Waals surface area contributed by atoms with Gasteiger partial charge in [0.25, 0.3) is 10.0 Å². The summed E-state index contributed by atoms with van der Waals surface area (Å²) in [6.07, 6.45) is 0. The van der Waals surface area contributed by atoms with E-state index in [9.17, 15) is 8.42 Å².